The van der Waals surface area contributed by atoms with Gasteiger partial charge in [-0.3, -0.25) is 0 Å². The van der Waals surface area contributed by atoms with E-state index in [-0.39, 0.29) is 6.10 Å². The third kappa shape index (κ3) is 3.74. The van der Waals surface area contributed by atoms with Gasteiger partial charge in [0.25, 0.3) is 0 Å². The van der Waals surface area contributed by atoms with Crippen LogP contribution in [-0.4, -0.2) is 35.7 Å². The van der Waals surface area contributed by atoms with Crippen molar-refractivity contribution in [2.45, 2.75) is 59.1 Å². The van der Waals surface area contributed by atoms with Gasteiger partial charge in [-0.1, -0.05) is 20.8 Å². The maximum Gasteiger partial charge on any atom is 0.0580 e. The molecule has 0 aliphatic heterocycles. The molecule has 0 radical (unpaired) electrons. The molecule has 16 heavy (non-hydrogen) atoms. The molecule has 0 heterocycles. The molecule has 0 aromatic rings. The Bertz CT molecular complexity index is 205. The third-order valence-corrected chi connectivity index (χ3v) is 4.39. The van der Waals surface area contributed by atoms with Crippen molar-refractivity contribution in [2.75, 3.05) is 13.6 Å². The van der Waals surface area contributed by atoms with E-state index < -0.39 is 0 Å². The molecule has 1 rings (SSSR count). The molecule has 2 nitrogen and oxygen atoms in total. The molecule has 0 spiro atoms. The Balaban J connectivity index is 2.45. The van der Waals surface area contributed by atoms with Gasteiger partial charge in [0.05, 0.1) is 6.10 Å². The molecule has 0 aromatic carbocycles. The number of hydrogen-bond donors (Lipinski definition) is 1. The molecule has 0 bridgehead atoms. The van der Waals surface area contributed by atoms with Crippen LogP contribution >= 0.6 is 0 Å². The average Bonchev–Trinajstić information content (AvgIpc) is 2.22. The molecule has 1 N–H and O–H groups in total. The molecule has 0 saturated heterocycles. The van der Waals surface area contributed by atoms with Gasteiger partial charge >= 0.3 is 0 Å². The van der Waals surface area contributed by atoms with E-state index in [0.717, 1.165) is 18.9 Å². The van der Waals surface area contributed by atoms with Crippen molar-refractivity contribution in [3.8, 4) is 0 Å². The highest BCUT2D eigenvalue weighted by Gasteiger charge is 2.29. The summed E-state index contributed by atoms with van der Waals surface area (Å²) >= 11 is 0. The van der Waals surface area contributed by atoms with Crippen molar-refractivity contribution in [2.24, 2.45) is 17.8 Å². The first-order valence-corrected chi connectivity index (χ1v) is 6.80. The van der Waals surface area contributed by atoms with E-state index >= 15 is 0 Å². The fourth-order valence-electron chi connectivity index (χ4n) is 2.72. The fourth-order valence-corrected chi connectivity index (χ4v) is 2.72. The minimum absolute atomic E-state index is 0.0713. The van der Waals surface area contributed by atoms with Gasteiger partial charge in [-0.2, -0.15) is 0 Å². The summed E-state index contributed by atoms with van der Waals surface area (Å²) in [6.07, 6.45) is 3.31. The Kier molecular flexibility index (Phi) is 5.26. The van der Waals surface area contributed by atoms with Crippen LogP contribution in [0.4, 0.5) is 0 Å². The highest BCUT2D eigenvalue weighted by Crippen LogP contribution is 2.30. The molecule has 1 saturated carbocycles. The lowest BCUT2D eigenvalue weighted by Gasteiger charge is -2.37. The van der Waals surface area contributed by atoms with Crippen molar-refractivity contribution >= 4 is 0 Å². The van der Waals surface area contributed by atoms with Gasteiger partial charge in [0.1, 0.15) is 0 Å². The molecule has 4 atom stereocenters. The highest BCUT2D eigenvalue weighted by atomic mass is 16.3. The first-order valence-electron chi connectivity index (χ1n) is 6.80. The van der Waals surface area contributed by atoms with Crippen LogP contribution in [0.15, 0.2) is 0 Å². The zero-order valence-electron chi connectivity index (χ0n) is 11.6. The molecule has 1 fully saturated rings. The Morgan fingerprint density at radius 1 is 1.25 bits per heavy atom. The second-order valence-electron chi connectivity index (χ2n) is 6.17. The van der Waals surface area contributed by atoms with Crippen LogP contribution in [-0.2, 0) is 0 Å². The maximum atomic E-state index is 10.0. The van der Waals surface area contributed by atoms with E-state index in [4.69, 9.17) is 0 Å². The van der Waals surface area contributed by atoms with Gasteiger partial charge in [0.15, 0.2) is 0 Å². The topological polar surface area (TPSA) is 23.5 Å². The van der Waals surface area contributed by atoms with E-state index in [1.807, 2.05) is 0 Å². The molecule has 2 heteroatoms. The van der Waals surface area contributed by atoms with Crippen LogP contribution in [0.1, 0.15) is 47.0 Å². The normalized spacial score (nSPS) is 33.4. The monoisotopic (exact) mass is 227 g/mol. The Hall–Kier alpha value is -0.0800. The summed E-state index contributed by atoms with van der Waals surface area (Å²) in [5.74, 6) is 1.95. The quantitative estimate of drug-likeness (QED) is 0.798. The Labute approximate surface area is 101 Å². The lowest BCUT2D eigenvalue weighted by Crippen LogP contribution is -2.42. The van der Waals surface area contributed by atoms with Crippen LogP contribution in [0.5, 0.6) is 0 Å². The Morgan fingerprint density at radius 2 is 1.88 bits per heavy atom. The zero-order valence-corrected chi connectivity index (χ0v) is 11.6. The largest absolute Gasteiger partial charge is 0.393 e. The molecule has 1 aliphatic rings. The lowest BCUT2D eigenvalue weighted by atomic mass is 9.80. The molecule has 0 aromatic heterocycles. The SMILES string of the molecule is CC1CCC(O)C(CN(C)C(C)C(C)C)C1. The summed E-state index contributed by atoms with van der Waals surface area (Å²) in [6, 6.07) is 0.601. The summed E-state index contributed by atoms with van der Waals surface area (Å²) in [5, 5.41) is 10.0. The van der Waals surface area contributed by atoms with E-state index in [1.54, 1.807) is 0 Å². The minimum atomic E-state index is -0.0713. The molecule has 1 aliphatic carbocycles. The summed E-state index contributed by atoms with van der Waals surface area (Å²) < 4.78 is 0. The predicted molar refractivity (Wildman–Crippen MR) is 69.4 cm³/mol. The average molecular weight is 227 g/mol. The van der Waals surface area contributed by atoms with E-state index in [1.165, 1.54) is 12.8 Å². The van der Waals surface area contributed by atoms with Crippen molar-refractivity contribution < 1.29 is 5.11 Å². The van der Waals surface area contributed by atoms with Gasteiger partial charge in [-0.05, 0) is 51.0 Å². The first-order chi connectivity index (χ1) is 7.41. The van der Waals surface area contributed by atoms with Crippen molar-refractivity contribution in [3.05, 3.63) is 0 Å². The van der Waals surface area contributed by atoms with Crippen molar-refractivity contribution in [3.63, 3.8) is 0 Å². The van der Waals surface area contributed by atoms with Crippen LogP contribution < -0.4 is 0 Å². The smallest absolute Gasteiger partial charge is 0.0580 e. The second kappa shape index (κ2) is 6.02. The van der Waals surface area contributed by atoms with Gasteiger partial charge in [0.2, 0.25) is 0 Å². The number of hydrogen-bond acceptors (Lipinski definition) is 2. The van der Waals surface area contributed by atoms with Gasteiger partial charge in [0, 0.05) is 12.6 Å². The molecule has 0 amide bonds. The fraction of sp³-hybridized carbons (Fsp3) is 1.00. The van der Waals surface area contributed by atoms with Crippen molar-refractivity contribution in [1.29, 1.82) is 0 Å². The highest BCUT2D eigenvalue weighted by molar-refractivity contribution is 4.81. The van der Waals surface area contributed by atoms with E-state index in [9.17, 15) is 5.11 Å². The molecular formula is C14H29NO. The third-order valence-electron chi connectivity index (χ3n) is 4.39. The summed E-state index contributed by atoms with van der Waals surface area (Å²) in [7, 11) is 2.19. The van der Waals surface area contributed by atoms with Crippen LogP contribution in [0.25, 0.3) is 0 Å². The van der Waals surface area contributed by atoms with Crippen molar-refractivity contribution in [1.82, 2.24) is 4.90 Å². The molecule has 96 valence electrons. The number of nitrogens with zero attached hydrogens (tertiary/aromatic N) is 1. The minimum Gasteiger partial charge on any atom is -0.393 e. The first kappa shape index (κ1) is 14.0. The predicted octanol–water partition coefficient (Wildman–Crippen LogP) is 2.76. The van der Waals surface area contributed by atoms with E-state index in [0.29, 0.717) is 17.9 Å². The summed E-state index contributed by atoms with van der Waals surface area (Å²) in [5.41, 5.74) is 0. The van der Waals surface area contributed by atoms with Crippen LogP contribution in [0, 0.1) is 17.8 Å². The Morgan fingerprint density at radius 3 is 2.44 bits per heavy atom. The summed E-state index contributed by atoms with van der Waals surface area (Å²) in [6.45, 7) is 10.2. The van der Waals surface area contributed by atoms with Gasteiger partial charge in [-0.25, -0.2) is 0 Å². The number of rotatable bonds is 4. The molecule has 4 unspecified atom stereocenters. The standard InChI is InChI=1S/C14H29NO/c1-10(2)12(4)15(5)9-13-8-11(3)6-7-14(13)16/h10-14,16H,6-9H2,1-5H3. The van der Waals surface area contributed by atoms with Crippen LogP contribution in [0.2, 0.25) is 0 Å². The zero-order chi connectivity index (χ0) is 12.3. The van der Waals surface area contributed by atoms with Crippen LogP contribution in [0.3, 0.4) is 0 Å². The van der Waals surface area contributed by atoms with Gasteiger partial charge < -0.3 is 10.0 Å². The number of aliphatic hydroxyl groups is 1. The maximum absolute atomic E-state index is 10.0. The number of aliphatic hydroxyl groups excluding tert-OH is 1. The lowest BCUT2D eigenvalue weighted by molar-refractivity contribution is 0.0253. The summed E-state index contributed by atoms with van der Waals surface area (Å²) in [4.78, 5) is 2.41. The second-order valence-corrected chi connectivity index (χ2v) is 6.17. The van der Waals surface area contributed by atoms with E-state index in [2.05, 4.69) is 39.6 Å². The molecular weight excluding hydrogens is 198 g/mol. The van der Waals surface area contributed by atoms with Gasteiger partial charge in [-0.15, -0.1) is 0 Å².